The number of hydrogen-bond donors (Lipinski definition) is 1. The third kappa shape index (κ3) is 3.55. The Kier molecular flexibility index (Phi) is 5.51. The molecule has 2 heterocycles. The van der Waals surface area contributed by atoms with Crippen LogP contribution >= 0.6 is 46.1 Å². The minimum Gasteiger partial charge on any atom is -0.372 e. The molecule has 0 spiro atoms. The van der Waals surface area contributed by atoms with Crippen molar-refractivity contribution in [3.8, 4) is 0 Å². The van der Waals surface area contributed by atoms with E-state index in [9.17, 15) is 0 Å². The highest BCUT2D eigenvalue weighted by Crippen LogP contribution is 2.42. The first-order valence-corrected chi connectivity index (χ1v) is 10.0. The van der Waals surface area contributed by atoms with Crippen LogP contribution in [0.25, 0.3) is 0 Å². The van der Waals surface area contributed by atoms with Crippen LogP contribution in [0.5, 0.6) is 0 Å². The van der Waals surface area contributed by atoms with Crippen molar-refractivity contribution in [2.45, 2.75) is 43.6 Å². The number of hydrogen-bond acceptors (Lipinski definition) is 5. The van der Waals surface area contributed by atoms with Gasteiger partial charge in [-0.25, -0.2) is 9.97 Å². The predicted molar refractivity (Wildman–Crippen MR) is 100 cm³/mol. The number of nitrogens with zero attached hydrogens (tertiary/aromatic N) is 2. The standard InChI is InChI=1S/C14H22IN3S2/c1-8-10(20-7-6-19-8)13-17-11(14(2,3)4)9(15)12(16-5)18-13/h8,10H,6-7H2,1-5H3,(H,16,17,18). The molecule has 2 atom stereocenters. The summed E-state index contributed by atoms with van der Waals surface area (Å²) in [6.45, 7) is 8.94. The van der Waals surface area contributed by atoms with Crippen molar-refractivity contribution in [3.05, 3.63) is 15.1 Å². The van der Waals surface area contributed by atoms with E-state index in [1.54, 1.807) is 0 Å². The summed E-state index contributed by atoms with van der Waals surface area (Å²) in [5.74, 6) is 4.38. The normalized spacial score (nSPS) is 23.7. The van der Waals surface area contributed by atoms with Crippen molar-refractivity contribution in [2.75, 3.05) is 23.9 Å². The Morgan fingerprint density at radius 2 is 1.85 bits per heavy atom. The van der Waals surface area contributed by atoms with E-state index in [1.165, 1.54) is 11.5 Å². The molecule has 1 aromatic rings. The summed E-state index contributed by atoms with van der Waals surface area (Å²) in [6, 6.07) is 0. The molecular weight excluding hydrogens is 401 g/mol. The van der Waals surface area contributed by atoms with Crippen LogP contribution in [0.4, 0.5) is 5.82 Å². The number of aromatic nitrogens is 2. The lowest BCUT2D eigenvalue weighted by Gasteiger charge is -2.29. The Balaban J connectivity index is 2.48. The lowest BCUT2D eigenvalue weighted by atomic mass is 9.92. The van der Waals surface area contributed by atoms with E-state index in [4.69, 9.17) is 9.97 Å². The zero-order chi connectivity index (χ0) is 14.9. The second-order valence-corrected chi connectivity index (χ2v) is 9.77. The van der Waals surface area contributed by atoms with Crippen molar-refractivity contribution >= 4 is 51.9 Å². The molecule has 0 bridgehead atoms. The second kappa shape index (κ2) is 6.60. The van der Waals surface area contributed by atoms with Gasteiger partial charge in [0.1, 0.15) is 11.6 Å². The van der Waals surface area contributed by atoms with Crippen molar-refractivity contribution in [1.82, 2.24) is 9.97 Å². The molecule has 112 valence electrons. The topological polar surface area (TPSA) is 37.8 Å². The van der Waals surface area contributed by atoms with Crippen molar-refractivity contribution in [1.29, 1.82) is 0 Å². The molecule has 1 aliphatic heterocycles. The lowest BCUT2D eigenvalue weighted by Crippen LogP contribution is -2.23. The van der Waals surface area contributed by atoms with Crippen LogP contribution in [0.2, 0.25) is 0 Å². The van der Waals surface area contributed by atoms with E-state index in [0.29, 0.717) is 10.5 Å². The van der Waals surface area contributed by atoms with Crippen molar-refractivity contribution in [2.24, 2.45) is 0 Å². The van der Waals surface area contributed by atoms with Crippen LogP contribution in [0, 0.1) is 3.57 Å². The lowest BCUT2D eigenvalue weighted by molar-refractivity contribution is 0.557. The molecule has 1 N–H and O–H groups in total. The third-order valence-corrected chi connectivity index (χ3v) is 7.37. The van der Waals surface area contributed by atoms with Crippen LogP contribution in [0.15, 0.2) is 0 Å². The van der Waals surface area contributed by atoms with Crippen molar-refractivity contribution < 1.29 is 0 Å². The summed E-state index contributed by atoms with van der Waals surface area (Å²) < 4.78 is 1.14. The molecule has 2 rings (SSSR count). The fourth-order valence-electron chi connectivity index (χ4n) is 2.17. The first kappa shape index (κ1) is 16.7. The van der Waals surface area contributed by atoms with Gasteiger partial charge in [0.05, 0.1) is 14.5 Å². The van der Waals surface area contributed by atoms with Gasteiger partial charge < -0.3 is 5.32 Å². The van der Waals surface area contributed by atoms with Gasteiger partial charge in [0, 0.05) is 29.2 Å². The third-order valence-electron chi connectivity index (χ3n) is 3.26. The quantitative estimate of drug-likeness (QED) is 0.717. The average molecular weight is 423 g/mol. The average Bonchev–Trinajstić information content (AvgIpc) is 2.38. The fraction of sp³-hybridized carbons (Fsp3) is 0.714. The highest BCUT2D eigenvalue weighted by molar-refractivity contribution is 14.1. The van der Waals surface area contributed by atoms with Gasteiger partial charge in [-0.1, -0.05) is 27.7 Å². The van der Waals surface area contributed by atoms with Crippen LogP contribution in [0.3, 0.4) is 0 Å². The summed E-state index contributed by atoms with van der Waals surface area (Å²) in [6.07, 6.45) is 0. The largest absolute Gasteiger partial charge is 0.372 e. The zero-order valence-electron chi connectivity index (χ0n) is 12.7. The minimum atomic E-state index is 0.0372. The maximum atomic E-state index is 4.93. The Morgan fingerprint density at radius 1 is 1.20 bits per heavy atom. The van der Waals surface area contributed by atoms with Gasteiger partial charge in [-0.15, -0.1) is 11.8 Å². The van der Waals surface area contributed by atoms with Gasteiger partial charge in [0.15, 0.2) is 0 Å². The fourth-order valence-corrected chi connectivity index (χ4v) is 6.18. The van der Waals surface area contributed by atoms with E-state index in [2.05, 4.69) is 55.6 Å². The molecule has 1 aliphatic rings. The molecule has 6 heteroatoms. The molecule has 0 radical (unpaired) electrons. The SMILES string of the molecule is CNc1nc(C2SCCSC2C)nc(C(C)(C)C)c1I. The predicted octanol–water partition coefficient (Wildman–Crippen LogP) is 4.33. The molecule has 0 aromatic carbocycles. The monoisotopic (exact) mass is 423 g/mol. The first-order chi connectivity index (χ1) is 9.34. The van der Waals surface area contributed by atoms with Crippen LogP contribution < -0.4 is 5.32 Å². The smallest absolute Gasteiger partial charge is 0.145 e. The van der Waals surface area contributed by atoms with Gasteiger partial charge in [-0.3, -0.25) is 0 Å². The summed E-state index contributed by atoms with van der Waals surface area (Å²) in [5, 5.41) is 4.20. The van der Waals surface area contributed by atoms with Gasteiger partial charge in [-0.2, -0.15) is 11.8 Å². The van der Waals surface area contributed by atoms with Crippen LogP contribution in [-0.2, 0) is 5.41 Å². The molecule has 0 aliphatic carbocycles. The summed E-state index contributed by atoms with van der Waals surface area (Å²) in [5.41, 5.74) is 1.19. The van der Waals surface area contributed by atoms with Gasteiger partial charge >= 0.3 is 0 Å². The Morgan fingerprint density at radius 3 is 2.40 bits per heavy atom. The zero-order valence-corrected chi connectivity index (χ0v) is 16.4. The second-order valence-electron chi connectivity index (χ2n) is 5.96. The van der Waals surface area contributed by atoms with E-state index >= 15 is 0 Å². The number of halogens is 1. The molecular formula is C14H22IN3S2. The van der Waals surface area contributed by atoms with Crippen LogP contribution in [0.1, 0.15) is 44.5 Å². The maximum Gasteiger partial charge on any atom is 0.145 e. The molecule has 1 aromatic heterocycles. The molecule has 1 saturated heterocycles. The van der Waals surface area contributed by atoms with E-state index in [0.717, 1.165) is 20.9 Å². The summed E-state index contributed by atoms with van der Waals surface area (Å²) in [7, 11) is 1.94. The summed E-state index contributed by atoms with van der Waals surface area (Å²) >= 11 is 6.38. The van der Waals surface area contributed by atoms with Crippen molar-refractivity contribution in [3.63, 3.8) is 0 Å². The Labute approximate surface area is 144 Å². The molecule has 1 fully saturated rings. The highest BCUT2D eigenvalue weighted by Gasteiger charge is 2.30. The highest BCUT2D eigenvalue weighted by atomic mass is 127. The first-order valence-electron chi connectivity index (χ1n) is 6.83. The molecule has 0 saturated carbocycles. The summed E-state index contributed by atoms with van der Waals surface area (Å²) in [4.78, 5) is 9.71. The number of rotatable bonds is 2. The van der Waals surface area contributed by atoms with Crippen LogP contribution in [-0.4, -0.2) is 33.8 Å². The Bertz CT molecular complexity index is 488. The van der Waals surface area contributed by atoms with Gasteiger partial charge in [0.25, 0.3) is 0 Å². The molecule has 2 unspecified atom stereocenters. The number of anilines is 1. The number of nitrogens with one attached hydrogen (secondary N) is 1. The van der Waals surface area contributed by atoms with Gasteiger partial charge in [0.2, 0.25) is 0 Å². The maximum absolute atomic E-state index is 4.93. The molecule has 20 heavy (non-hydrogen) atoms. The molecule has 0 amide bonds. The molecule has 3 nitrogen and oxygen atoms in total. The minimum absolute atomic E-state index is 0.0372. The Hall–Kier alpha value is 0.310. The van der Waals surface area contributed by atoms with E-state index in [-0.39, 0.29) is 5.41 Å². The van der Waals surface area contributed by atoms with E-state index < -0.39 is 0 Å². The number of thioether (sulfide) groups is 2. The van der Waals surface area contributed by atoms with E-state index in [1.807, 2.05) is 30.6 Å². The van der Waals surface area contributed by atoms with Gasteiger partial charge in [-0.05, 0) is 22.6 Å².